The summed E-state index contributed by atoms with van der Waals surface area (Å²) < 4.78 is 5.48. The fourth-order valence-corrected chi connectivity index (χ4v) is 2.99. The van der Waals surface area contributed by atoms with Crippen LogP contribution in [0.25, 0.3) is 5.57 Å². The quantitative estimate of drug-likeness (QED) is 0.803. The molecule has 1 aromatic rings. The van der Waals surface area contributed by atoms with Gasteiger partial charge in [-0.15, -0.1) is 0 Å². The van der Waals surface area contributed by atoms with Crippen molar-refractivity contribution in [2.75, 3.05) is 13.2 Å². The van der Waals surface area contributed by atoms with Gasteiger partial charge in [-0.3, -0.25) is 14.5 Å². The van der Waals surface area contributed by atoms with Crippen LogP contribution < -0.4 is 0 Å². The molecular formula is C15H13Cl2NO3. The Morgan fingerprint density at radius 1 is 1.14 bits per heavy atom. The van der Waals surface area contributed by atoms with Crippen LogP contribution in [-0.2, 0) is 14.3 Å². The van der Waals surface area contributed by atoms with Crippen LogP contribution in [0.4, 0.5) is 0 Å². The Hall–Kier alpha value is -1.36. The standard InChI is InChI=1S/C15H13Cl2NO3/c16-10-5-3-9(4-6-10)12-13(17)15(20)18(14(12)19)8-11-2-1-7-21-11/h3-6,11H,1-2,7-8H2. The van der Waals surface area contributed by atoms with Crippen LogP contribution in [0, 0.1) is 0 Å². The van der Waals surface area contributed by atoms with Crippen LogP contribution in [0.3, 0.4) is 0 Å². The average molecular weight is 326 g/mol. The van der Waals surface area contributed by atoms with Crippen molar-refractivity contribution in [1.82, 2.24) is 4.90 Å². The molecule has 1 atom stereocenters. The maximum absolute atomic E-state index is 12.5. The summed E-state index contributed by atoms with van der Waals surface area (Å²) in [5.74, 6) is -0.829. The van der Waals surface area contributed by atoms with Crippen molar-refractivity contribution in [3.05, 3.63) is 39.9 Å². The summed E-state index contributed by atoms with van der Waals surface area (Å²) in [4.78, 5) is 25.8. The van der Waals surface area contributed by atoms with Crippen molar-refractivity contribution in [1.29, 1.82) is 0 Å². The molecule has 1 unspecified atom stereocenters. The first-order valence-corrected chi connectivity index (χ1v) is 7.47. The molecule has 4 nitrogen and oxygen atoms in total. The Morgan fingerprint density at radius 3 is 2.48 bits per heavy atom. The number of hydrogen-bond donors (Lipinski definition) is 0. The molecule has 0 spiro atoms. The highest BCUT2D eigenvalue weighted by molar-refractivity contribution is 6.55. The van der Waals surface area contributed by atoms with Crippen molar-refractivity contribution in [2.24, 2.45) is 0 Å². The molecule has 0 N–H and O–H groups in total. The lowest BCUT2D eigenvalue weighted by molar-refractivity contribution is -0.138. The van der Waals surface area contributed by atoms with Crippen LogP contribution in [0.1, 0.15) is 18.4 Å². The summed E-state index contributed by atoms with van der Waals surface area (Å²) in [5, 5.41) is 0.517. The number of benzene rings is 1. The third-order valence-electron chi connectivity index (χ3n) is 3.65. The molecule has 110 valence electrons. The Balaban J connectivity index is 1.85. The van der Waals surface area contributed by atoms with E-state index in [1.54, 1.807) is 24.3 Å². The number of rotatable bonds is 3. The molecule has 2 heterocycles. The highest BCUT2D eigenvalue weighted by Gasteiger charge is 2.39. The molecule has 0 aliphatic carbocycles. The smallest absolute Gasteiger partial charge is 0.273 e. The zero-order valence-electron chi connectivity index (χ0n) is 11.1. The summed E-state index contributed by atoms with van der Waals surface area (Å²) in [6.45, 7) is 0.928. The zero-order valence-corrected chi connectivity index (χ0v) is 12.7. The van der Waals surface area contributed by atoms with Gasteiger partial charge in [0.1, 0.15) is 5.03 Å². The summed E-state index contributed by atoms with van der Waals surface area (Å²) in [6, 6.07) is 6.69. The fraction of sp³-hybridized carbons (Fsp3) is 0.333. The van der Waals surface area contributed by atoms with Crippen LogP contribution >= 0.6 is 23.2 Å². The van der Waals surface area contributed by atoms with E-state index in [1.807, 2.05) is 0 Å². The molecule has 3 rings (SSSR count). The molecule has 21 heavy (non-hydrogen) atoms. The van der Waals surface area contributed by atoms with Crippen molar-refractivity contribution in [3.8, 4) is 0 Å². The minimum Gasteiger partial charge on any atom is -0.376 e. The topological polar surface area (TPSA) is 46.6 Å². The number of carbonyl (C=O) groups is 2. The van der Waals surface area contributed by atoms with Gasteiger partial charge in [-0.2, -0.15) is 0 Å². The molecule has 0 saturated carbocycles. The lowest BCUT2D eigenvalue weighted by Gasteiger charge is -2.18. The van der Waals surface area contributed by atoms with E-state index in [9.17, 15) is 9.59 Å². The van der Waals surface area contributed by atoms with Gasteiger partial charge in [0.2, 0.25) is 0 Å². The minimum absolute atomic E-state index is 0.0414. The first kappa shape index (κ1) is 14.6. The zero-order chi connectivity index (χ0) is 15.0. The molecule has 6 heteroatoms. The van der Waals surface area contributed by atoms with E-state index in [1.165, 1.54) is 4.90 Å². The highest BCUT2D eigenvalue weighted by atomic mass is 35.5. The van der Waals surface area contributed by atoms with Crippen LogP contribution in [0.2, 0.25) is 5.02 Å². The van der Waals surface area contributed by atoms with Gasteiger partial charge in [-0.25, -0.2) is 0 Å². The van der Waals surface area contributed by atoms with E-state index in [0.717, 1.165) is 12.8 Å². The van der Waals surface area contributed by atoms with E-state index in [2.05, 4.69) is 0 Å². The van der Waals surface area contributed by atoms with Gasteiger partial charge in [-0.05, 0) is 30.5 Å². The molecule has 0 bridgehead atoms. The van der Waals surface area contributed by atoms with Crippen molar-refractivity contribution >= 4 is 40.6 Å². The second-order valence-electron chi connectivity index (χ2n) is 5.05. The number of carbonyl (C=O) groups excluding carboxylic acids is 2. The monoisotopic (exact) mass is 325 g/mol. The highest BCUT2D eigenvalue weighted by Crippen LogP contribution is 2.33. The summed E-state index contributed by atoms with van der Waals surface area (Å²) in [5.41, 5.74) is 0.828. The second-order valence-corrected chi connectivity index (χ2v) is 5.87. The molecular weight excluding hydrogens is 313 g/mol. The lowest BCUT2D eigenvalue weighted by atomic mass is 10.1. The van der Waals surface area contributed by atoms with Crippen LogP contribution in [0.15, 0.2) is 29.3 Å². The second kappa shape index (κ2) is 5.79. The third kappa shape index (κ3) is 2.71. The Morgan fingerprint density at radius 2 is 1.86 bits per heavy atom. The van der Waals surface area contributed by atoms with Crippen molar-refractivity contribution < 1.29 is 14.3 Å². The number of nitrogens with zero attached hydrogens (tertiary/aromatic N) is 1. The van der Waals surface area contributed by atoms with E-state index in [4.69, 9.17) is 27.9 Å². The first-order chi connectivity index (χ1) is 10.1. The van der Waals surface area contributed by atoms with E-state index in [-0.39, 0.29) is 29.2 Å². The van der Waals surface area contributed by atoms with Gasteiger partial charge in [0, 0.05) is 11.6 Å². The summed E-state index contributed by atoms with van der Waals surface area (Å²) in [7, 11) is 0. The van der Waals surface area contributed by atoms with Gasteiger partial charge in [0.15, 0.2) is 0 Å². The normalized spacial score (nSPS) is 22.6. The molecule has 0 radical (unpaired) electrons. The van der Waals surface area contributed by atoms with E-state index in [0.29, 0.717) is 17.2 Å². The molecule has 2 aliphatic rings. The third-order valence-corrected chi connectivity index (χ3v) is 4.26. The molecule has 1 aromatic carbocycles. The van der Waals surface area contributed by atoms with E-state index >= 15 is 0 Å². The maximum atomic E-state index is 12.5. The van der Waals surface area contributed by atoms with Crippen molar-refractivity contribution in [3.63, 3.8) is 0 Å². The molecule has 1 saturated heterocycles. The summed E-state index contributed by atoms with van der Waals surface area (Å²) in [6.07, 6.45) is 1.71. The van der Waals surface area contributed by atoms with Crippen molar-refractivity contribution in [2.45, 2.75) is 18.9 Å². The molecule has 2 aliphatic heterocycles. The fourth-order valence-electron chi connectivity index (χ4n) is 2.57. The minimum atomic E-state index is -0.456. The Labute approximate surface area is 132 Å². The molecule has 1 fully saturated rings. The predicted octanol–water partition coefficient (Wildman–Crippen LogP) is 2.84. The summed E-state index contributed by atoms with van der Waals surface area (Å²) >= 11 is 11.9. The predicted molar refractivity (Wildman–Crippen MR) is 79.9 cm³/mol. The van der Waals surface area contributed by atoms with Gasteiger partial charge in [0.05, 0.1) is 18.2 Å². The van der Waals surface area contributed by atoms with Gasteiger partial charge in [-0.1, -0.05) is 35.3 Å². The number of amides is 2. The number of halogens is 2. The largest absolute Gasteiger partial charge is 0.376 e. The van der Waals surface area contributed by atoms with Crippen LogP contribution in [-0.4, -0.2) is 36.0 Å². The van der Waals surface area contributed by atoms with Crippen LogP contribution in [0.5, 0.6) is 0 Å². The Bertz CT molecular complexity index is 618. The lowest BCUT2D eigenvalue weighted by Crippen LogP contribution is -2.37. The SMILES string of the molecule is O=C1C(Cl)=C(c2ccc(Cl)cc2)C(=O)N1CC1CCCO1. The number of ether oxygens (including phenoxy) is 1. The van der Waals surface area contributed by atoms with Gasteiger partial charge < -0.3 is 4.74 Å². The first-order valence-electron chi connectivity index (χ1n) is 6.71. The maximum Gasteiger partial charge on any atom is 0.273 e. The Kier molecular flexibility index (Phi) is 4.02. The number of hydrogen-bond acceptors (Lipinski definition) is 3. The van der Waals surface area contributed by atoms with E-state index < -0.39 is 5.91 Å². The molecule has 2 amide bonds. The average Bonchev–Trinajstić information content (AvgIpc) is 3.05. The molecule has 0 aromatic heterocycles. The van der Waals surface area contributed by atoms with Gasteiger partial charge in [0.25, 0.3) is 11.8 Å². The number of imide groups is 1. The van der Waals surface area contributed by atoms with Gasteiger partial charge >= 0.3 is 0 Å².